The fourth-order valence-corrected chi connectivity index (χ4v) is 2.26. The summed E-state index contributed by atoms with van der Waals surface area (Å²) in [5.74, 6) is 0.652. The van der Waals surface area contributed by atoms with Gasteiger partial charge in [0.05, 0.1) is 19.8 Å². The Labute approximate surface area is 119 Å². The number of anilines is 1. The molecule has 0 saturated carbocycles. The van der Waals surface area contributed by atoms with E-state index in [1.54, 1.807) is 13.2 Å². The standard InChI is InChI=1S/C15H22N2O3/c1-11-15(2,7-8-20-11)16-10-14(18)17-12-5-4-6-13(9-12)19-3/h4-6,9,11,16H,7-8,10H2,1-3H3,(H,17,18). The highest BCUT2D eigenvalue weighted by atomic mass is 16.5. The molecule has 5 nitrogen and oxygen atoms in total. The fraction of sp³-hybridized carbons (Fsp3) is 0.533. The minimum absolute atomic E-state index is 0.0708. The summed E-state index contributed by atoms with van der Waals surface area (Å²) < 4.78 is 10.7. The topological polar surface area (TPSA) is 59.6 Å². The van der Waals surface area contributed by atoms with Crippen molar-refractivity contribution in [2.24, 2.45) is 0 Å². The molecule has 1 aliphatic rings. The number of ether oxygens (including phenoxy) is 2. The lowest BCUT2D eigenvalue weighted by Gasteiger charge is -2.28. The molecule has 2 unspecified atom stereocenters. The molecule has 2 rings (SSSR count). The molecule has 0 spiro atoms. The number of nitrogens with one attached hydrogen (secondary N) is 2. The van der Waals surface area contributed by atoms with Crippen LogP contribution < -0.4 is 15.4 Å². The van der Waals surface area contributed by atoms with E-state index >= 15 is 0 Å². The van der Waals surface area contributed by atoms with Gasteiger partial charge in [-0.1, -0.05) is 6.07 Å². The van der Waals surface area contributed by atoms with Crippen molar-refractivity contribution in [3.63, 3.8) is 0 Å². The molecule has 2 N–H and O–H groups in total. The molecule has 0 bridgehead atoms. The lowest BCUT2D eigenvalue weighted by molar-refractivity contribution is -0.115. The first-order valence-corrected chi connectivity index (χ1v) is 6.84. The predicted molar refractivity (Wildman–Crippen MR) is 78.1 cm³/mol. The van der Waals surface area contributed by atoms with E-state index in [2.05, 4.69) is 17.6 Å². The highest BCUT2D eigenvalue weighted by Gasteiger charge is 2.36. The zero-order valence-corrected chi connectivity index (χ0v) is 12.2. The maximum absolute atomic E-state index is 12.0. The fourth-order valence-electron chi connectivity index (χ4n) is 2.26. The van der Waals surface area contributed by atoms with Crippen molar-refractivity contribution in [1.82, 2.24) is 5.32 Å². The summed E-state index contributed by atoms with van der Waals surface area (Å²) in [5, 5.41) is 6.14. The van der Waals surface area contributed by atoms with Crippen LogP contribution in [-0.4, -0.2) is 37.8 Å². The van der Waals surface area contributed by atoms with Crippen LogP contribution in [-0.2, 0) is 9.53 Å². The number of hydrogen-bond acceptors (Lipinski definition) is 4. The zero-order chi connectivity index (χ0) is 14.6. The van der Waals surface area contributed by atoms with Crippen LogP contribution in [0.25, 0.3) is 0 Å². The predicted octanol–water partition coefficient (Wildman–Crippen LogP) is 1.79. The van der Waals surface area contributed by atoms with Gasteiger partial charge in [0.25, 0.3) is 0 Å². The lowest BCUT2D eigenvalue weighted by Crippen LogP contribution is -2.50. The summed E-state index contributed by atoms with van der Waals surface area (Å²) in [6, 6.07) is 7.31. The Morgan fingerprint density at radius 2 is 2.35 bits per heavy atom. The molecular formula is C15H22N2O3. The second-order valence-corrected chi connectivity index (χ2v) is 5.31. The van der Waals surface area contributed by atoms with Gasteiger partial charge in [0.1, 0.15) is 5.75 Å². The normalized spacial score (nSPS) is 25.4. The summed E-state index contributed by atoms with van der Waals surface area (Å²) in [7, 11) is 1.60. The Hall–Kier alpha value is -1.59. The molecule has 0 radical (unpaired) electrons. The van der Waals surface area contributed by atoms with Crippen LogP contribution >= 0.6 is 0 Å². The molecule has 0 aromatic heterocycles. The molecule has 1 amide bonds. The summed E-state index contributed by atoms with van der Waals surface area (Å²) in [6.45, 7) is 5.12. The van der Waals surface area contributed by atoms with Gasteiger partial charge in [-0.25, -0.2) is 0 Å². The van der Waals surface area contributed by atoms with Gasteiger partial charge < -0.3 is 20.1 Å². The molecule has 1 fully saturated rings. The van der Waals surface area contributed by atoms with Gasteiger partial charge in [0.15, 0.2) is 0 Å². The third kappa shape index (κ3) is 3.49. The lowest BCUT2D eigenvalue weighted by atomic mass is 9.95. The first-order chi connectivity index (χ1) is 9.53. The van der Waals surface area contributed by atoms with Crippen LogP contribution in [0.15, 0.2) is 24.3 Å². The molecule has 20 heavy (non-hydrogen) atoms. The zero-order valence-electron chi connectivity index (χ0n) is 12.2. The van der Waals surface area contributed by atoms with Crippen molar-refractivity contribution in [1.29, 1.82) is 0 Å². The second-order valence-electron chi connectivity index (χ2n) is 5.31. The van der Waals surface area contributed by atoms with Crippen molar-refractivity contribution in [2.45, 2.75) is 31.9 Å². The smallest absolute Gasteiger partial charge is 0.238 e. The minimum atomic E-state index is -0.133. The van der Waals surface area contributed by atoms with E-state index in [4.69, 9.17) is 9.47 Å². The molecule has 5 heteroatoms. The summed E-state index contributed by atoms with van der Waals surface area (Å²) in [4.78, 5) is 12.0. The molecule has 2 atom stereocenters. The highest BCUT2D eigenvalue weighted by molar-refractivity contribution is 5.92. The number of carbonyl (C=O) groups is 1. The monoisotopic (exact) mass is 278 g/mol. The molecule has 1 aliphatic heterocycles. The number of methoxy groups -OCH3 is 1. The van der Waals surface area contributed by atoms with E-state index in [9.17, 15) is 4.79 Å². The van der Waals surface area contributed by atoms with Crippen LogP contribution in [0.5, 0.6) is 5.75 Å². The SMILES string of the molecule is COc1cccc(NC(=O)CNC2(C)CCOC2C)c1. The molecule has 1 aromatic rings. The number of amides is 1. The van der Waals surface area contributed by atoms with Gasteiger partial charge >= 0.3 is 0 Å². The maximum atomic E-state index is 12.0. The van der Waals surface area contributed by atoms with Crippen molar-refractivity contribution >= 4 is 11.6 Å². The first kappa shape index (κ1) is 14.8. The van der Waals surface area contributed by atoms with Gasteiger partial charge in [0, 0.05) is 23.9 Å². The van der Waals surface area contributed by atoms with Crippen LogP contribution in [0.3, 0.4) is 0 Å². The maximum Gasteiger partial charge on any atom is 0.238 e. The van der Waals surface area contributed by atoms with Crippen LogP contribution in [0, 0.1) is 0 Å². The van der Waals surface area contributed by atoms with Gasteiger partial charge in [-0.05, 0) is 32.4 Å². The van der Waals surface area contributed by atoms with E-state index in [-0.39, 0.29) is 24.1 Å². The number of rotatable bonds is 5. The highest BCUT2D eigenvalue weighted by Crippen LogP contribution is 2.24. The van der Waals surface area contributed by atoms with E-state index < -0.39 is 0 Å². The Kier molecular flexibility index (Phi) is 4.62. The van der Waals surface area contributed by atoms with E-state index in [1.807, 2.05) is 25.1 Å². The molecule has 0 aliphatic carbocycles. The van der Waals surface area contributed by atoms with E-state index in [0.29, 0.717) is 0 Å². The summed E-state index contributed by atoms with van der Waals surface area (Å²) >= 11 is 0. The van der Waals surface area contributed by atoms with E-state index in [1.165, 1.54) is 0 Å². The quantitative estimate of drug-likeness (QED) is 0.862. The van der Waals surface area contributed by atoms with Crippen molar-refractivity contribution in [3.05, 3.63) is 24.3 Å². The summed E-state index contributed by atoms with van der Waals surface area (Å²) in [5.41, 5.74) is 0.600. The van der Waals surface area contributed by atoms with Crippen LogP contribution in [0.2, 0.25) is 0 Å². The third-order valence-corrected chi connectivity index (χ3v) is 3.89. The van der Waals surface area contributed by atoms with Crippen LogP contribution in [0.1, 0.15) is 20.3 Å². The minimum Gasteiger partial charge on any atom is -0.497 e. The Balaban J connectivity index is 1.86. The Morgan fingerprint density at radius 3 is 3.00 bits per heavy atom. The average Bonchev–Trinajstić information content (AvgIpc) is 2.77. The third-order valence-electron chi connectivity index (χ3n) is 3.89. The van der Waals surface area contributed by atoms with Gasteiger partial charge in [0.2, 0.25) is 5.91 Å². The Morgan fingerprint density at radius 1 is 1.55 bits per heavy atom. The summed E-state index contributed by atoms with van der Waals surface area (Å²) in [6.07, 6.45) is 1.03. The van der Waals surface area contributed by atoms with Crippen LogP contribution in [0.4, 0.5) is 5.69 Å². The number of carbonyl (C=O) groups excluding carboxylic acids is 1. The largest absolute Gasteiger partial charge is 0.497 e. The van der Waals surface area contributed by atoms with Gasteiger partial charge in [-0.3, -0.25) is 4.79 Å². The molecule has 1 heterocycles. The van der Waals surface area contributed by atoms with Gasteiger partial charge in [-0.2, -0.15) is 0 Å². The number of hydrogen-bond donors (Lipinski definition) is 2. The van der Waals surface area contributed by atoms with Gasteiger partial charge in [-0.15, -0.1) is 0 Å². The Bertz CT molecular complexity index is 478. The van der Waals surface area contributed by atoms with Crippen molar-refractivity contribution in [2.75, 3.05) is 25.6 Å². The average molecular weight is 278 g/mol. The van der Waals surface area contributed by atoms with Crippen molar-refractivity contribution in [3.8, 4) is 5.75 Å². The second kappa shape index (κ2) is 6.24. The van der Waals surface area contributed by atoms with E-state index in [0.717, 1.165) is 24.5 Å². The molecule has 1 aromatic carbocycles. The molecular weight excluding hydrogens is 256 g/mol. The van der Waals surface area contributed by atoms with Crippen molar-refractivity contribution < 1.29 is 14.3 Å². The first-order valence-electron chi connectivity index (χ1n) is 6.84. The molecule has 1 saturated heterocycles. The number of benzene rings is 1. The molecule has 110 valence electrons.